The number of amides is 2. The first-order valence-electron chi connectivity index (χ1n) is 10.4. The monoisotopic (exact) mass is 393 g/mol. The highest BCUT2D eigenvalue weighted by Crippen LogP contribution is 2.18. The number of nitrogens with zero attached hydrogens (tertiary/aromatic N) is 3. The molecule has 1 fully saturated rings. The van der Waals surface area contributed by atoms with Gasteiger partial charge in [-0.2, -0.15) is 0 Å². The van der Waals surface area contributed by atoms with Crippen molar-refractivity contribution >= 4 is 17.5 Å². The van der Waals surface area contributed by atoms with Gasteiger partial charge in [0.1, 0.15) is 6.42 Å². The molecule has 0 N–H and O–H groups in total. The standard InChI is InChI=1S/C24H31N3O2/c1-19(2)27(18-21-9-5-4-6-10-21)24(29)17-23(28)26-14-12-25(13-15-26)22-11-7-8-20(3)16-22/h4-11,16,19H,12-15,17-18H2,1-3H3. The molecule has 1 saturated heterocycles. The Hall–Kier alpha value is -2.82. The number of hydrogen-bond donors (Lipinski definition) is 0. The SMILES string of the molecule is Cc1cccc(N2CCN(C(=O)CC(=O)N(Cc3ccccc3)C(C)C)CC2)c1. The zero-order valence-electron chi connectivity index (χ0n) is 17.7. The lowest BCUT2D eigenvalue weighted by molar-refractivity contribution is -0.142. The van der Waals surface area contributed by atoms with Crippen LogP contribution in [0.4, 0.5) is 5.69 Å². The third kappa shape index (κ3) is 5.59. The van der Waals surface area contributed by atoms with E-state index in [4.69, 9.17) is 0 Å². The number of anilines is 1. The largest absolute Gasteiger partial charge is 0.368 e. The number of benzene rings is 2. The van der Waals surface area contributed by atoms with Crippen molar-refractivity contribution in [1.29, 1.82) is 0 Å². The molecule has 29 heavy (non-hydrogen) atoms. The summed E-state index contributed by atoms with van der Waals surface area (Å²) in [6.07, 6.45) is -0.0601. The van der Waals surface area contributed by atoms with Gasteiger partial charge in [-0.25, -0.2) is 0 Å². The molecule has 2 aromatic rings. The highest BCUT2D eigenvalue weighted by atomic mass is 16.2. The topological polar surface area (TPSA) is 43.9 Å². The Morgan fingerprint density at radius 2 is 1.66 bits per heavy atom. The molecule has 154 valence electrons. The fourth-order valence-electron chi connectivity index (χ4n) is 3.72. The Kier molecular flexibility index (Phi) is 6.91. The molecule has 1 aliphatic rings. The van der Waals surface area contributed by atoms with Gasteiger partial charge in [0.05, 0.1) is 0 Å². The summed E-state index contributed by atoms with van der Waals surface area (Å²) < 4.78 is 0. The maximum atomic E-state index is 12.8. The molecule has 1 heterocycles. The van der Waals surface area contributed by atoms with Crippen molar-refractivity contribution in [3.05, 3.63) is 65.7 Å². The maximum absolute atomic E-state index is 12.8. The second kappa shape index (κ2) is 9.59. The molecule has 2 amide bonds. The van der Waals surface area contributed by atoms with Gasteiger partial charge in [-0.15, -0.1) is 0 Å². The fraction of sp³-hybridized carbons (Fsp3) is 0.417. The van der Waals surface area contributed by atoms with E-state index in [-0.39, 0.29) is 24.3 Å². The van der Waals surface area contributed by atoms with E-state index in [1.165, 1.54) is 11.3 Å². The maximum Gasteiger partial charge on any atom is 0.232 e. The van der Waals surface area contributed by atoms with Gasteiger partial charge in [0.15, 0.2) is 0 Å². The minimum Gasteiger partial charge on any atom is -0.368 e. The Morgan fingerprint density at radius 1 is 0.966 bits per heavy atom. The summed E-state index contributed by atoms with van der Waals surface area (Å²) in [6.45, 7) is 9.50. The molecule has 0 bridgehead atoms. The van der Waals surface area contributed by atoms with Crippen LogP contribution in [0.15, 0.2) is 54.6 Å². The predicted molar refractivity (Wildman–Crippen MR) is 117 cm³/mol. The number of rotatable bonds is 6. The highest BCUT2D eigenvalue weighted by Gasteiger charge is 2.26. The predicted octanol–water partition coefficient (Wildman–Crippen LogP) is 3.47. The Bertz CT molecular complexity index is 827. The van der Waals surface area contributed by atoms with Crippen molar-refractivity contribution in [3.8, 4) is 0 Å². The summed E-state index contributed by atoms with van der Waals surface area (Å²) in [7, 11) is 0. The van der Waals surface area contributed by atoms with Crippen molar-refractivity contribution in [2.24, 2.45) is 0 Å². The van der Waals surface area contributed by atoms with Crippen LogP contribution in [-0.2, 0) is 16.1 Å². The summed E-state index contributed by atoms with van der Waals surface area (Å²) in [5.74, 6) is -0.174. The van der Waals surface area contributed by atoms with Crippen LogP contribution in [0, 0.1) is 6.92 Å². The Balaban J connectivity index is 1.54. The van der Waals surface area contributed by atoms with Crippen LogP contribution in [0.2, 0.25) is 0 Å². The van der Waals surface area contributed by atoms with Crippen LogP contribution in [-0.4, -0.2) is 53.8 Å². The van der Waals surface area contributed by atoms with Gasteiger partial charge in [-0.1, -0.05) is 42.5 Å². The summed E-state index contributed by atoms with van der Waals surface area (Å²) >= 11 is 0. The van der Waals surface area contributed by atoms with Gasteiger partial charge in [0.25, 0.3) is 0 Å². The first-order chi connectivity index (χ1) is 13.9. The van der Waals surface area contributed by atoms with E-state index in [0.29, 0.717) is 19.6 Å². The van der Waals surface area contributed by atoms with Crippen LogP contribution in [0.5, 0.6) is 0 Å². The smallest absolute Gasteiger partial charge is 0.232 e. The van der Waals surface area contributed by atoms with E-state index in [1.54, 1.807) is 4.90 Å². The minimum absolute atomic E-state index is 0.0497. The third-order valence-corrected chi connectivity index (χ3v) is 5.44. The van der Waals surface area contributed by atoms with Crippen molar-refractivity contribution in [3.63, 3.8) is 0 Å². The third-order valence-electron chi connectivity index (χ3n) is 5.44. The van der Waals surface area contributed by atoms with Crippen LogP contribution in [0.25, 0.3) is 0 Å². The molecule has 3 rings (SSSR count). The molecule has 0 aliphatic carbocycles. The molecule has 5 nitrogen and oxygen atoms in total. The van der Waals surface area contributed by atoms with Gasteiger partial charge in [0.2, 0.25) is 11.8 Å². The molecular formula is C24H31N3O2. The summed E-state index contributed by atoms with van der Waals surface area (Å²) in [6, 6.07) is 18.4. The van der Waals surface area contributed by atoms with E-state index in [1.807, 2.05) is 49.1 Å². The average molecular weight is 394 g/mol. The van der Waals surface area contributed by atoms with Crippen LogP contribution < -0.4 is 4.90 Å². The summed E-state index contributed by atoms with van der Waals surface area (Å²) in [4.78, 5) is 31.5. The molecule has 0 unspecified atom stereocenters. The molecule has 0 aromatic heterocycles. The van der Waals surface area contributed by atoms with Gasteiger partial charge in [-0.3, -0.25) is 9.59 Å². The van der Waals surface area contributed by atoms with Crippen LogP contribution >= 0.6 is 0 Å². The molecule has 1 aliphatic heterocycles. The zero-order chi connectivity index (χ0) is 20.8. The van der Waals surface area contributed by atoms with Gasteiger partial charge in [-0.05, 0) is 44.0 Å². The number of carbonyl (C=O) groups excluding carboxylic acids is 2. The number of aryl methyl sites for hydroxylation is 1. The Labute approximate surface area is 173 Å². The molecule has 0 atom stereocenters. The first-order valence-corrected chi connectivity index (χ1v) is 10.4. The summed E-state index contributed by atoms with van der Waals surface area (Å²) in [5.41, 5.74) is 3.51. The normalized spacial score (nSPS) is 14.2. The minimum atomic E-state index is -0.102. The lowest BCUT2D eigenvalue weighted by atomic mass is 10.1. The fourth-order valence-corrected chi connectivity index (χ4v) is 3.72. The van der Waals surface area contributed by atoms with Crippen LogP contribution in [0.1, 0.15) is 31.4 Å². The quantitative estimate of drug-likeness (QED) is 0.706. The molecular weight excluding hydrogens is 362 g/mol. The zero-order valence-corrected chi connectivity index (χ0v) is 17.7. The summed E-state index contributed by atoms with van der Waals surface area (Å²) in [5, 5.41) is 0. The first kappa shape index (κ1) is 20.9. The van der Waals surface area contributed by atoms with Crippen molar-refractivity contribution in [2.75, 3.05) is 31.1 Å². The van der Waals surface area contributed by atoms with Gasteiger partial charge < -0.3 is 14.7 Å². The van der Waals surface area contributed by atoms with E-state index in [2.05, 4.69) is 36.1 Å². The van der Waals surface area contributed by atoms with E-state index in [9.17, 15) is 9.59 Å². The second-order valence-corrected chi connectivity index (χ2v) is 7.98. The van der Waals surface area contributed by atoms with Crippen molar-refractivity contribution < 1.29 is 9.59 Å². The number of hydrogen-bond acceptors (Lipinski definition) is 3. The lowest BCUT2D eigenvalue weighted by Gasteiger charge is -2.36. The van der Waals surface area contributed by atoms with E-state index < -0.39 is 0 Å². The van der Waals surface area contributed by atoms with E-state index >= 15 is 0 Å². The van der Waals surface area contributed by atoms with Gasteiger partial charge in [0, 0.05) is 44.5 Å². The second-order valence-electron chi connectivity index (χ2n) is 7.98. The highest BCUT2D eigenvalue weighted by molar-refractivity contribution is 5.97. The Morgan fingerprint density at radius 3 is 2.28 bits per heavy atom. The number of piperazine rings is 1. The lowest BCUT2D eigenvalue weighted by Crippen LogP contribution is -2.50. The van der Waals surface area contributed by atoms with Gasteiger partial charge >= 0.3 is 0 Å². The molecule has 5 heteroatoms. The van der Waals surface area contributed by atoms with Crippen LogP contribution in [0.3, 0.4) is 0 Å². The number of carbonyl (C=O) groups is 2. The molecule has 0 radical (unpaired) electrons. The molecule has 0 spiro atoms. The molecule has 0 saturated carbocycles. The molecule has 2 aromatic carbocycles. The van der Waals surface area contributed by atoms with E-state index in [0.717, 1.165) is 18.7 Å². The van der Waals surface area contributed by atoms with Crippen molar-refractivity contribution in [1.82, 2.24) is 9.80 Å². The average Bonchev–Trinajstić information content (AvgIpc) is 2.72. The van der Waals surface area contributed by atoms with Crippen molar-refractivity contribution in [2.45, 2.75) is 39.8 Å².